The minimum Gasteiger partial charge on any atom is -0.306 e. The summed E-state index contributed by atoms with van der Waals surface area (Å²) in [6, 6.07) is 7.66. The minimum absolute atomic E-state index is 0.226. The molecule has 5 heteroatoms. The summed E-state index contributed by atoms with van der Waals surface area (Å²) < 4.78 is 13.5. The summed E-state index contributed by atoms with van der Waals surface area (Å²) in [4.78, 5) is 18.4. The second kappa shape index (κ2) is 4.81. The largest absolute Gasteiger partial charge is 0.306 e. The van der Waals surface area contributed by atoms with Gasteiger partial charge in [-0.05, 0) is 35.9 Å². The third kappa shape index (κ3) is 2.40. The van der Waals surface area contributed by atoms with E-state index in [1.807, 2.05) is 13.8 Å². The van der Waals surface area contributed by atoms with Crippen molar-refractivity contribution in [1.29, 1.82) is 0 Å². The van der Waals surface area contributed by atoms with E-state index < -0.39 is 0 Å². The van der Waals surface area contributed by atoms with Crippen LogP contribution in [-0.4, -0.2) is 17.4 Å². The van der Waals surface area contributed by atoms with Gasteiger partial charge in [-0.3, -0.25) is 9.78 Å². The van der Waals surface area contributed by atoms with Crippen molar-refractivity contribution in [1.82, 2.24) is 4.98 Å². The van der Waals surface area contributed by atoms with Gasteiger partial charge in [0.25, 0.3) is 5.91 Å². The Bertz CT molecular complexity index is 730. The average Bonchev–Trinajstić information content (AvgIpc) is 2.70. The van der Waals surface area contributed by atoms with Crippen LogP contribution in [0.4, 0.5) is 10.1 Å². The Labute approximate surface area is 127 Å². The molecule has 0 aliphatic carbocycles. The Hall–Kier alpha value is -1.94. The van der Waals surface area contributed by atoms with Gasteiger partial charge in [-0.15, -0.1) is 0 Å². The molecule has 1 aliphatic heterocycles. The molecule has 3 nitrogen and oxygen atoms in total. The molecule has 0 fully saturated rings. The van der Waals surface area contributed by atoms with Crippen LogP contribution in [-0.2, 0) is 5.41 Å². The van der Waals surface area contributed by atoms with Gasteiger partial charge >= 0.3 is 0 Å². The molecule has 21 heavy (non-hydrogen) atoms. The smallest absolute Gasteiger partial charge is 0.276 e. The number of rotatable bonds is 1. The van der Waals surface area contributed by atoms with Gasteiger partial charge in [0.2, 0.25) is 0 Å². The van der Waals surface area contributed by atoms with Crippen LogP contribution in [0, 0.1) is 5.82 Å². The number of halogens is 2. The predicted octanol–water partition coefficient (Wildman–Crippen LogP) is 3.81. The maximum atomic E-state index is 13.5. The molecule has 2 heterocycles. The lowest BCUT2D eigenvalue weighted by molar-refractivity contribution is 0.0981. The standard InChI is InChI=1S/C16H14ClFN2O/c1-16(2)9-20(14-4-3-11(18)8-12(14)16)15(21)13-7-10(17)5-6-19-13/h3-8H,9H2,1-2H3. The lowest BCUT2D eigenvalue weighted by Crippen LogP contribution is -2.34. The first-order valence-corrected chi connectivity index (χ1v) is 7.00. The lowest BCUT2D eigenvalue weighted by Gasteiger charge is -2.20. The quantitative estimate of drug-likeness (QED) is 0.802. The molecule has 0 saturated heterocycles. The highest BCUT2D eigenvalue weighted by molar-refractivity contribution is 6.31. The van der Waals surface area contributed by atoms with E-state index >= 15 is 0 Å². The topological polar surface area (TPSA) is 33.2 Å². The van der Waals surface area contributed by atoms with Crippen molar-refractivity contribution in [3.63, 3.8) is 0 Å². The zero-order chi connectivity index (χ0) is 15.2. The summed E-state index contributed by atoms with van der Waals surface area (Å²) in [5.41, 5.74) is 1.55. The number of hydrogen-bond donors (Lipinski definition) is 0. The summed E-state index contributed by atoms with van der Waals surface area (Å²) in [6.45, 7) is 4.47. The number of aromatic nitrogens is 1. The van der Waals surface area contributed by atoms with Gasteiger partial charge in [0.15, 0.2) is 0 Å². The number of nitrogens with zero attached hydrogens (tertiary/aromatic N) is 2. The highest BCUT2D eigenvalue weighted by Gasteiger charge is 2.38. The molecule has 1 aliphatic rings. The van der Waals surface area contributed by atoms with E-state index in [0.717, 1.165) is 11.3 Å². The van der Waals surface area contributed by atoms with E-state index in [4.69, 9.17) is 11.6 Å². The molecule has 0 unspecified atom stereocenters. The number of fused-ring (bicyclic) bond motifs is 1. The summed E-state index contributed by atoms with van der Waals surface area (Å²) >= 11 is 5.91. The molecule has 3 rings (SSSR count). The molecule has 0 bridgehead atoms. The van der Waals surface area contributed by atoms with Gasteiger partial charge in [0.05, 0.1) is 0 Å². The van der Waals surface area contributed by atoms with Crippen LogP contribution >= 0.6 is 11.6 Å². The monoisotopic (exact) mass is 304 g/mol. The number of carbonyl (C=O) groups is 1. The second-order valence-electron chi connectivity index (χ2n) is 5.80. The van der Waals surface area contributed by atoms with E-state index in [1.54, 1.807) is 23.1 Å². The summed E-state index contributed by atoms with van der Waals surface area (Å²) in [5.74, 6) is -0.520. The maximum Gasteiger partial charge on any atom is 0.276 e. The Morgan fingerprint density at radius 2 is 2.10 bits per heavy atom. The molecule has 0 radical (unpaired) electrons. The molecule has 0 atom stereocenters. The van der Waals surface area contributed by atoms with Crippen molar-refractivity contribution in [2.75, 3.05) is 11.4 Å². The van der Waals surface area contributed by atoms with Gasteiger partial charge in [0.1, 0.15) is 11.5 Å². The molecule has 2 aromatic rings. The number of pyridine rings is 1. The first-order valence-electron chi connectivity index (χ1n) is 6.62. The molecule has 1 aromatic carbocycles. The Kier molecular flexibility index (Phi) is 3.21. The number of hydrogen-bond acceptors (Lipinski definition) is 2. The van der Waals surface area contributed by atoms with E-state index in [9.17, 15) is 9.18 Å². The molecular weight excluding hydrogens is 291 g/mol. The SMILES string of the molecule is CC1(C)CN(C(=O)c2cc(Cl)ccn2)c2ccc(F)cc21. The van der Waals surface area contributed by atoms with Gasteiger partial charge in [-0.2, -0.15) is 0 Å². The van der Waals surface area contributed by atoms with Crippen LogP contribution in [0.1, 0.15) is 29.9 Å². The first kappa shape index (κ1) is 14.0. The van der Waals surface area contributed by atoms with Crippen LogP contribution in [0.5, 0.6) is 0 Å². The van der Waals surface area contributed by atoms with Crippen LogP contribution in [0.25, 0.3) is 0 Å². The molecule has 108 valence electrons. The zero-order valence-corrected chi connectivity index (χ0v) is 12.5. The Morgan fingerprint density at radius 3 is 2.81 bits per heavy atom. The molecule has 0 saturated carbocycles. The summed E-state index contributed by atoms with van der Waals surface area (Å²) in [6.07, 6.45) is 1.50. The number of amides is 1. The average molecular weight is 305 g/mol. The molecule has 1 amide bonds. The molecular formula is C16H14ClFN2O. The lowest BCUT2D eigenvalue weighted by atomic mass is 9.87. The Morgan fingerprint density at radius 1 is 1.33 bits per heavy atom. The van der Waals surface area contributed by atoms with Crippen LogP contribution in [0.2, 0.25) is 5.02 Å². The number of benzene rings is 1. The van der Waals surface area contributed by atoms with Crippen LogP contribution in [0.3, 0.4) is 0 Å². The van der Waals surface area contributed by atoms with Crippen molar-refractivity contribution < 1.29 is 9.18 Å². The fraction of sp³-hybridized carbons (Fsp3) is 0.250. The third-order valence-electron chi connectivity index (χ3n) is 3.72. The third-order valence-corrected chi connectivity index (χ3v) is 3.95. The maximum absolute atomic E-state index is 13.5. The second-order valence-corrected chi connectivity index (χ2v) is 6.23. The highest BCUT2D eigenvalue weighted by Crippen LogP contribution is 2.41. The van der Waals surface area contributed by atoms with Crippen LogP contribution in [0.15, 0.2) is 36.5 Å². The Balaban J connectivity index is 2.04. The van der Waals surface area contributed by atoms with Crippen molar-refractivity contribution in [2.45, 2.75) is 19.3 Å². The first-order chi connectivity index (χ1) is 9.88. The summed E-state index contributed by atoms with van der Waals surface area (Å²) in [5, 5.41) is 0.464. The van der Waals surface area contributed by atoms with Gasteiger partial charge in [-0.25, -0.2) is 4.39 Å². The van der Waals surface area contributed by atoms with Crippen molar-refractivity contribution >= 4 is 23.2 Å². The highest BCUT2D eigenvalue weighted by atomic mass is 35.5. The predicted molar refractivity (Wildman–Crippen MR) is 80.3 cm³/mol. The van der Waals surface area contributed by atoms with E-state index in [-0.39, 0.29) is 22.8 Å². The number of anilines is 1. The zero-order valence-electron chi connectivity index (χ0n) is 11.7. The van der Waals surface area contributed by atoms with Crippen molar-refractivity contribution in [3.8, 4) is 0 Å². The molecule has 0 N–H and O–H groups in total. The van der Waals surface area contributed by atoms with Gasteiger partial charge in [0, 0.05) is 28.9 Å². The van der Waals surface area contributed by atoms with Crippen molar-refractivity contribution in [3.05, 3.63) is 58.6 Å². The molecule has 1 aromatic heterocycles. The van der Waals surface area contributed by atoms with Gasteiger partial charge in [-0.1, -0.05) is 25.4 Å². The van der Waals surface area contributed by atoms with E-state index in [0.29, 0.717) is 11.6 Å². The van der Waals surface area contributed by atoms with Crippen molar-refractivity contribution in [2.24, 2.45) is 0 Å². The fourth-order valence-electron chi connectivity index (χ4n) is 2.69. The minimum atomic E-state index is -0.300. The molecule has 0 spiro atoms. The normalized spacial score (nSPS) is 15.9. The van der Waals surface area contributed by atoms with Gasteiger partial charge < -0.3 is 4.90 Å². The van der Waals surface area contributed by atoms with E-state index in [2.05, 4.69) is 4.98 Å². The fourth-order valence-corrected chi connectivity index (χ4v) is 2.85. The number of carbonyl (C=O) groups excluding carboxylic acids is 1. The summed E-state index contributed by atoms with van der Waals surface area (Å²) in [7, 11) is 0. The van der Waals surface area contributed by atoms with E-state index in [1.165, 1.54) is 18.3 Å². The van der Waals surface area contributed by atoms with Crippen LogP contribution < -0.4 is 4.90 Å².